The van der Waals surface area contributed by atoms with Crippen molar-refractivity contribution in [2.45, 2.75) is 20.3 Å². The molecule has 0 N–H and O–H groups in total. The summed E-state index contributed by atoms with van der Waals surface area (Å²) in [6.45, 7) is 4.20. The second-order valence-electron chi connectivity index (χ2n) is 5.17. The zero-order chi connectivity index (χ0) is 15.6. The molecule has 1 aliphatic heterocycles. The van der Waals surface area contributed by atoms with E-state index < -0.39 is 4.92 Å². The van der Waals surface area contributed by atoms with Crippen molar-refractivity contribution in [3.8, 4) is 0 Å². The summed E-state index contributed by atoms with van der Waals surface area (Å²) in [5.74, 6) is -0.283. The van der Waals surface area contributed by atoms with E-state index in [4.69, 9.17) is 5.53 Å². The first-order chi connectivity index (χ1) is 9.93. The van der Waals surface area contributed by atoms with E-state index in [-0.39, 0.29) is 30.5 Å². The average molecular weight is 289 g/mol. The van der Waals surface area contributed by atoms with Gasteiger partial charge in [-0.3, -0.25) is 14.9 Å². The van der Waals surface area contributed by atoms with E-state index in [1.54, 1.807) is 13.0 Å². The van der Waals surface area contributed by atoms with E-state index in [1.165, 1.54) is 11.0 Å². The van der Waals surface area contributed by atoms with Crippen molar-refractivity contribution in [2.75, 3.05) is 18.0 Å². The summed E-state index contributed by atoms with van der Waals surface area (Å²) in [7, 11) is 0. The number of carbonyl (C=O) groups excluding carboxylic acids is 1. The van der Waals surface area contributed by atoms with Crippen molar-refractivity contribution < 1.29 is 9.72 Å². The van der Waals surface area contributed by atoms with Crippen LogP contribution in [0.25, 0.3) is 10.4 Å². The summed E-state index contributed by atoms with van der Waals surface area (Å²) >= 11 is 0. The molecule has 1 heterocycles. The highest BCUT2D eigenvalue weighted by molar-refractivity contribution is 5.98. The fourth-order valence-electron chi connectivity index (χ4n) is 2.44. The highest BCUT2D eigenvalue weighted by atomic mass is 16.6. The molecule has 1 fully saturated rings. The third-order valence-electron chi connectivity index (χ3n) is 3.69. The van der Waals surface area contributed by atoms with Crippen molar-refractivity contribution in [3.63, 3.8) is 0 Å². The number of hydrogen-bond acceptors (Lipinski definition) is 4. The van der Waals surface area contributed by atoms with Gasteiger partial charge in [0.2, 0.25) is 5.91 Å². The van der Waals surface area contributed by atoms with Crippen LogP contribution in [0.4, 0.5) is 11.4 Å². The summed E-state index contributed by atoms with van der Waals surface area (Å²) in [4.78, 5) is 26.9. The molecule has 0 spiro atoms. The molecule has 8 heteroatoms. The summed E-state index contributed by atoms with van der Waals surface area (Å²) in [6.07, 6.45) is 0.239. The summed E-state index contributed by atoms with van der Waals surface area (Å²) in [6, 6.07) is 3.15. The standard InChI is InChI=1S/C13H15N5O3/c1-8-3-11(12(18(20)21)4-9(8)2)17-7-10(5-13(17)19)6-15-16-14/h3-4,10H,5-7H2,1-2H3. The highest BCUT2D eigenvalue weighted by Gasteiger charge is 2.34. The molecule has 1 amide bonds. The van der Waals surface area contributed by atoms with Crippen LogP contribution in [0.15, 0.2) is 17.2 Å². The van der Waals surface area contributed by atoms with Crippen molar-refractivity contribution in [1.29, 1.82) is 0 Å². The Balaban J connectivity index is 2.37. The van der Waals surface area contributed by atoms with Crippen LogP contribution in [0.5, 0.6) is 0 Å². The molecule has 110 valence electrons. The molecule has 1 unspecified atom stereocenters. The maximum absolute atomic E-state index is 12.1. The van der Waals surface area contributed by atoms with Crippen molar-refractivity contribution in [2.24, 2.45) is 11.0 Å². The summed E-state index contributed by atoms with van der Waals surface area (Å²) in [5, 5.41) is 14.7. The van der Waals surface area contributed by atoms with Gasteiger partial charge in [0.25, 0.3) is 5.69 Å². The molecule has 0 radical (unpaired) electrons. The van der Waals surface area contributed by atoms with Gasteiger partial charge in [0.15, 0.2) is 0 Å². The maximum Gasteiger partial charge on any atom is 0.293 e. The molecule has 1 saturated heterocycles. The normalized spacial score (nSPS) is 17.7. The Morgan fingerprint density at radius 1 is 1.48 bits per heavy atom. The number of nitro groups is 1. The summed E-state index contributed by atoms with van der Waals surface area (Å²) < 4.78 is 0. The average Bonchev–Trinajstić information content (AvgIpc) is 2.80. The molecule has 1 aromatic rings. The van der Waals surface area contributed by atoms with Gasteiger partial charge in [0.05, 0.1) is 4.92 Å². The second-order valence-corrected chi connectivity index (χ2v) is 5.17. The molecule has 1 aliphatic rings. The maximum atomic E-state index is 12.1. The summed E-state index contributed by atoms with van der Waals surface area (Å²) in [5.41, 5.74) is 10.3. The number of nitro benzene ring substituents is 1. The van der Waals surface area contributed by atoms with Gasteiger partial charge in [-0.05, 0) is 42.5 Å². The Labute approximate surface area is 121 Å². The fourth-order valence-corrected chi connectivity index (χ4v) is 2.44. The molecule has 1 atom stereocenters. The Morgan fingerprint density at radius 2 is 2.14 bits per heavy atom. The number of amides is 1. The lowest BCUT2D eigenvalue weighted by atomic mass is 10.1. The molecule has 8 nitrogen and oxygen atoms in total. The van der Waals surface area contributed by atoms with Crippen LogP contribution >= 0.6 is 0 Å². The van der Waals surface area contributed by atoms with Gasteiger partial charge in [-0.25, -0.2) is 0 Å². The van der Waals surface area contributed by atoms with Crippen LogP contribution in [0.1, 0.15) is 17.5 Å². The molecule has 1 aromatic carbocycles. The number of nitrogens with zero attached hydrogens (tertiary/aromatic N) is 5. The van der Waals surface area contributed by atoms with Crippen LogP contribution in [-0.2, 0) is 4.79 Å². The molecule has 21 heavy (non-hydrogen) atoms. The Bertz CT molecular complexity index is 651. The predicted molar refractivity (Wildman–Crippen MR) is 77.0 cm³/mol. The van der Waals surface area contributed by atoms with E-state index in [0.29, 0.717) is 12.2 Å². The van der Waals surface area contributed by atoms with Crippen molar-refractivity contribution >= 4 is 17.3 Å². The van der Waals surface area contributed by atoms with E-state index in [2.05, 4.69) is 10.0 Å². The van der Waals surface area contributed by atoms with Crippen molar-refractivity contribution in [3.05, 3.63) is 43.8 Å². The van der Waals surface area contributed by atoms with Crippen LogP contribution in [0.3, 0.4) is 0 Å². The first-order valence-corrected chi connectivity index (χ1v) is 6.51. The quantitative estimate of drug-likeness (QED) is 0.279. The number of benzene rings is 1. The Hall–Kier alpha value is -2.60. The number of azide groups is 1. The predicted octanol–water partition coefficient (Wildman–Crippen LogP) is 2.87. The van der Waals surface area contributed by atoms with Crippen LogP contribution in [0, 0.1) is 29.9 Å². The minimum Gasteiger partial charge on any atom is -0.306 e. The topological polar surface area (TPSA) is 112 Å². The zero-order valence-corrected chi connectivity index (χ0v) is 11.8. The minimum absolute atomic E-state index is 0.0733. The van der Waals surface area contributed by atoms with Gasteiger partial charge < -0.3 is 4.90 Å². The molecule has 0 aliphatic carbocycles. The van der Waals surface area contributed by atoms with Gasteiger partial charge >= 0.3 is 0 Å². The molecule has 2 rings (SSSR count). The lowest BCUT2D eigenvalue weighted by molar-refractivity contribution is -0.384. The smallest absolute Gasteiger partial charge is 0.293 e. The van der Waals surface area contributed by atoms with Gasteiger partial charge in [-0.1, -0.05) is 5.11 Å². The molecule has 0 bridgehead atoms. The SMILES string of the molecule is Cc1cc(N2CC(CN=[N+]=[N-])CC2=O)c([N+](=O)[O-])cc1C. The highest BCUT2D eigenvalue weighted by Crippen LogP contribution is 2.35. The van der Waals surface area contributed by atoms with E-state index in [0.717, 1.165) is 11.1 Å². The van der Waals surface area contributed by atoms with Crippen LogP contribution in [0.2, 0.25) is 0 Å². The number of rotatable bonds is 4. The zero-order valence-electron chi connectivity index (χ0n) is 11.8. The first-order valence-electron chi connectivity index (χ1n) is 6.51. The third-order valence-corrected chi connectivity index (χ3v) is 3.69. The number of aryl methyl sites for hydroxylation is 2. The van der Waals surface area contributed by atoms with Gasteiger partial charge in [-0.2, -0.15) is 0 Å². The fraction of sp³-hybridized carbons (Fsp3) is 0.462. The van der Waals surface area contributed by atoms with Gasteiger partial charge in [-0.15, -0.1) is 0 Å². The molecular weight excluding hydrogens is 274 g/mol. The van der Waals surface area contributed by atoms with Crippen molar-refractivity contribution in [1.82, 2.24) is 0 Å². The lowest BCUT2D eigenvalue weighted by Gasteiger charge is -2.18. The number of carbonyl (C=O) groups is 1. The monoisotopic (exact) mass is 289 g/mol. The van der Waals surface area contributed by atoms with Crippen LogP contribution in [-0.4, -0.2) is 23.9 Å². The first kappa shape index (κ1) is 14.8. The van der Waals surface area contributed by atoms with E-state index in [1.807, 2.05) is 6.92 Å². The van der Waals surface area contributed by atoms with Crippen LogP contribution < -0.4 is 4.90 Å². The van der Waals surface area contributed by atoms with E-state index >= 15 is 0 Å². The lowest BCUT2D eigenvalue weighted by Crippen LogP contribution is -2.25. The largest absolute Gasteiger partial charge is 0.306 e. The third kappa shape index (κ3) is 2.95. The molecular formula is C13H15N5O3. The van der Waals surface area contributed by atoms with E-state index in [9.17, 15) is 14.9 Å². The molecule has 0 aromatic heterocycles. The Morgan fingerprint density at radius 3 is 2.76 bits per heavy atom. The van der Waals surface area contributed by atoms with Gasteiger partial charge in [0.1, 0.15) is 5.69 Å². The minimum atomic E-state index is -0.476. The van der Waals surface area contributed by atoms with Gasteiger partial charge in [0, 0.05) is 30.5 Å². The Kier molecular flexibility index (Phi) is 4.09. The second kappa shape index (κ2) is 5.80. The number of anilines is 1. The molecule has 0 saturated carbocycles. The number of hydrogen-bond donors (Lipinski definition) is 0.